The van der Waals surface area contributed by atoms with Crippen molar-refractivity contribution < 1.29 is 9.53 Å². The Bertz CT molecular complexity index is 569. The van der Waals surface area contributed by atoms with Gasteiger partial charge in [0.15, 0.2) is 0 Å². The summed E-state index contributed by atoms with van der Waals surface area (Å²) in [6.45, 7) is 6.21. The maximum atomic E-state index is 12.9. The fourth-order valence-corrected chi connectivity index (χ4v) is 4.05. The summed E-state index contributed by atoms with van der Waals surface area (Å²) in [6.07, 6.45) is 4.27. The van der Waals surface area contributed by atoms with Crippen LogP contribution in [0, 0.1) is 5.41 Å². The summed E-state index contributed by atoms with van der Waals surface area (Å²) in [5.41, 5.74) is 2.17. The van der Waals surface area contributed by atoms with Gasteiger partial charge in [0.2, 0.25) is 5.91 Å². The molecule has 0 aromatic heterocycles. The van der Waals surface area contributed by atoms with Gasteiger partial charge in [-0.3, -0.25) is 9.69 Å². The number of hydrogen-bond donors (Lipinski definition) is 2. The number of nitrogens with zero attached hydrogens (tertiary/aromatic N) is 1. The smallest absolute Gasteiger partial charge is 0.228 e. The van der Waals surface area contributed by atoms with Gasteiger partial charge in [0.1, 0.15) is 0 Å². The molecular formula is C20H33Cl2N3O2. The van der Waals surface area contributed by atoms with E-state index in [0.717, 1.165) is 32.5 Å². The average molecular weight is 418 g/mol. The minimum Gasteiger partial charge on any atom is -0.384 e. The molecule has 5 nitrogen and oxygen atoms in total. The van der Waals surface area contributed by atoms with E-state index >= 15 is 0 Å². The zero-order valence-corrected chi connectivity index (χ0v) is 17.8. The molecule has 0 spiro atoms. The second-order valence-corrected chi connectivity index (χ2v) is 7.40. The first kappa shape index (κ1) is 24.2. The third kappa shape index (κ3) is 6.33. The maximum Gasteiger partial charge on any atom is 0.228 e. The lowest BCUT2D eigenvalue weighted by Crippen LogP contribution is -2.50. The molecule has 27 heavy (non-hydrogen) atoms. The van der Waals surface area contributed by atoms with Gasteiger partial charge >= 0.3 is 0 Å². The minimum atomic E-state index is -0.385. The number of amides is 1. The minimum absolute atomic E-state index is 0. The number of ether oxygens (including phenoxy) is 1. The molecule has 0 aliphatic carbocycles. The predicted molar refractivity (Wildman–Crippen MR) is 114 cm³/mol. The van der Waals surface area contributed by atoms with Crippen molar-refractivity contribution in [2.45, 2.75) is 38.8 Å². The van der Waals surface area contributed by atoms with Crippen LogP contribution in [0.15, 0.2) is 24.3 Å². The summed E-state index contributed by atoms with van der Waals surface area (Å²) in [5.74, 6) is 0.131. The number of nitrogens with one attached hydrogen (secondary N) is 2. The monoisotopic (exact) mass is 417 g/mol. The molecule has 0 bridgehead atoms. The van der Waals surface area contributed by atoms with E-state index in [4.69, 9.17) is 4.74 Å². The average Bonchev–Trinajstić information content (AvgIpc) is 3.15. The molecule has 7 heteroatoms. The van der Waals surface area contributed by atoms with Gasteiger partial charge in [-0.2, -0.15) is 0 Å². The highest BCUT2D eigenvalue weighted by atomic mass is 35.5. The molecule has 2 N–H and O–H groups in total. The quantitative estimate of drug-likeness (QED) is 0.715. The highest BCUT2D eigenvalue weighted by Gasteiger charge is 2.39. The Morgan fingerprint density at radius 1 is 1.15 bits per heavy atom. The molecule has 2 aliphatic heterocycles. The van der Waals surface area contributed by atoms with Crippen molar-refractivity contribution in [3.63, 3.8) is 0 Å². The van der Waals surface area contributed by atoms with Crippen molar-refractivity contribution >= 4 is 30.7 Å². The van der Waals surface area contributed by atoms with E-state index < -0.39 is 0 Å². The van der Waals surface area contributed by atoms with E-state index in [-0.39, 0.29) is 36.1 Å². The third-order valence-electron chi connectivity index (χ3n) is 5.61. The van der Waals surface area contributed by atoms with Crippen molar-refractivity contribution in [1.29, 1.82) is 0 Å². The Hall–Kier alpha value is -0.850. The van der Waals surface area contributed by atoms with Crippen molar-refractivity contribution in [3.8, 4) is 0 Å². The number of benzene rings is 1. The number of halogens is 2. The van der Waals surface area contributed by atoms with E-state index in [0.29, 0.717) is 13.2 Å². The van der Waals surface area contributed by atoms with Crippen LogP contribution in [0.25, 0.3) is 0 Å². The van der Waals surface area contributed by atoms with Crippen LogP contribution in [0.3, 0.4) is 0 Å². The van der Waals surface area contributed by atoms with Gasteiger partial charge in [-0.15, -0.1) is 24.8 Å². The number of likely N-dealkylation sites (tertiary alicyclic amines) is 1. The number of hydrogen-bond acceptors (Lipinski definition) is 4. The van der Waals surface area contributed by atoms with Crippen LogP contribution in [-0.4, -0.2) is 50.7 Å². The van der Waals surface area contributed by atoms with Gasteiger partial charge < -0.3 is 15.4 Å². The summed E-state index contributed by atoms with van der Waals surface area (Å²) >= 11 is 0. The Morgan fingerprint density at radius 3 is 2.41 bits per heavy atom. The lowest BCUT2D eigenvalue weighted by molar-refractivity contribution is -0.136. The van der Waals surface area contributed by atoms with Crippen LogP contribution in [0.2, 0.25) is 0 Å². The van der Waals surface area contributed by atoms with Crippen molar-refractivity contribution in [3.05, 3.63) is 35.4 Å². The number of methoxy groups -OCH3 is 1. The van der Waals surface area contributed by atoms with Gasteiger partial charge in [-0.1, -0.05) is 24.3 Å². The van der Waals surface area contributed by atoms with Crippen molar-refractivity contribution in [2.24, 2.45) is 5.41 Å². The number of piperidine rings is 1. The molecule has 2 aliphatic rings. The van der Waals surface area contributed by atoms with Crippen LogP contribution < -0.4 is 10.6 Å². The molecular weight excluding hydrogens is 385 g/mol. The molecule has 2 saturated heterocycles. The molecule has 0 saturated carbocycles. The first-order valence-electron chi connectivity index (χ1n) is 9.51. The first-order valence-corrected chi connectivity index (χ1v) is 9.51. The topological polar surface area (TPSA) is 53.6 Å². The van der Waals surface area contributed by atoms with E-state index in [9.17, 15) is 4.79 Å². The third-order valence-corrected chi connectivity index (χ3v) is 5.61. The molecule has 0 radical (unpaired) electrons. The maximum absolute atomic E-state index is 12.9. The summed E-state index contributed by atoms with van der Waals surface area (Å²) in [7, 11) is 1.68. The number of carbonyl (C=O) groups is 1. The normalized spacial score (nSPS) is 19.0. The SMILES string of the molecule is COCC1(C(=O)NCc2ccccc2CN2CCCC2)CCNCC1.Cl.Cl. The highest BCUT2D eigenvalue weighted by Crippen LogP contribution is 2.29. The fourth-order valence-electron chi connectivity index (χ4n) is 4.05. The van der Waals surface area contributed by atoms with Gasteiger partial charge in [-0.05, 0) is 63.0 Å². The second-order valence-electron chi connectivity index (χ2n) is 7.40. The Morgan fingerprint density at radius 2 is 1.78 bits per heavy atom. The van der Waals surface area contributed by atoms with E-state index in [2.05, 4.69) is 39.8 Å². The molecule has 0 atom stereocenters. The largest absolute Gasteiger partial charge is 0.384 e. The Kier molecular flexibility index (Phi) is 10.6. The lowest BCUT2D eigenvalue weighted by atomic mass is 9.78. The van der Waals surface area contributed by atoms with Crippen molar-refractivity contribution in [2.75, 3.05) is 39.9 Å². The van der Waals surface area contributed by atoms with Crippen LogP contribution >= 0.6 is 24.8 Å². The summed E-state index contributed by atoms with van der Waals surface area (Å²) in [4.78, 5) is 15.4. The van der Waals surface area contributed by atoms with Gasteiger partial charge in [0, 0.05) is 20.2 Å². The lowest BCUT2D eigenvalue weighted by Gasteiger charge is -2.35. The van der Waals surface area contributed by atoms with Crippen LogP contribution in [0.1, 0.15) is 36.8 Å². The second kappa shape index (κ2) is 11.9. The van der Waals surface area contributed by atoms with Gasteiger partial charge in [0.25, 0.3) is 0 Å². The predicted octanol–water partition coefficient (Wildman–Crippen LogP) is 2.76. The first-order chi connectivity index (χ1) is 12.2. The molecule has 1 aromatic rings. The van der Waals surface area contributed by atoms with E-state index in [1.54, 1.807) is 7.11 Å². The van der Waals surface area contributed by atoms with Gasteiger partial charge in [-0.25, -0.2) is 0 Å². The van der Waals surface area contributed by atoms with Gasteiger partial charge in [0.05, 0.1) is 12.0 Å². The van der Waals surface area contributed by atoms with Crippen LogP contribution in [0.4, 0.5) is 0 Å². The molecule has 1 aromatic carbocycles. The number of rotatable bonds is 7. The summed E-state index contributed by atoms with van der Waals surface area (Å²) in [5, 5.41) is 6.53. The molecule has 3 rings (SSSR count). The number of carbonyl (C=O) groups excluding carboxylic acids is 1. The summed E-state index contributed by atoms with van der Waals surface area (Å²) in [6, 6.07) is 8.48. The van der Waals surface area contributed by atoms with E-state index in [1.807, 2.05) is 0 Å². The zero-order chi connectivity index (χ0) is 17.5. The fraction of sp³-hybridized carbons (Fsp3) is 0.650. The Balaban J connectivity index is 0.00000182. The molecule has 1 amide bonds. The van der Waals surface area contributed by atoms with Crippen molar-refractivity contribution in [1.82, 2.24) is 15.5 Å². The zero-order valence-electron chi connectivity index (χ0n) is 16.2. The van der Waals surface area contributed by atoms with Crippen LogP contribution in [0.5, 0.6) is 0 Å². The Labute approximate surface area is 175 Å². The molecule has 2 heterocycles. The molecule has 0 unspecified atom stereocenters. The van der Waals surface area contributed by atoms with Crippen LogP contribution in [-0.2, 0) is 22.6 Å². The highest BCUT2D eigenvalue weighted by molar-refractivity contribution is 5.85. The summed E-state index contributed by atoms with van der Waals surface area (Å²) < 4.78 is 5.37. The standard InChI is InChI=1S/C20H31N3O2.2ClH/c1-25-16-20(8-10-21-11-9-20)19(24)22-14-17-6-2-3-7-18(17)15-23-12-4-5-13-23;;/h2-3,6-7,21H,4-5,8-16H2,1H3,(H,22,24);2*1H. The van der Waals surface area contributed by atoms with E-state index in [1.165, 1.54) is 37.1 Å². The molecule has 154 valence electrons. The molecule has 2 fully saturated rings.